The van der Waals surface area contributed by atoms with Crippen LogP contribution in [-0.2, 0) is 15.6 Å². The molecule has 5 rings (SSSR count). The summed E-state index contributed by atoms with van der Waals surface area (Å²) in [5.74, 6) is -0.276. The van der Waals surface area contributed by atoms with E-state index in [1.807, 2.05) is 55.5 Å². The highest BCUT2D eigenvalue weighted by Crippen LogP contribution is 2.42. The fourth-order valence-corrected chi connectivity index (χ4v) is 6.17. The first-order chi connectivity index (χ1) is 17.2. The van der Waals surface area contributed by atoms with Crippen LogP contribution >= 0.6 is 11.6 Å². The van der Waals surface area contributed by atoms with E-state index >= 15 is 0 Å². The number of hydrogen-bond donors (Lipinski definition) is 2. The Morgan fingerprint density at radius 2 is 1.72 bits per heavy atom. The normalized spacial score (nSPS) is 15.9. The second-order valence-electron chi connectivity index (χ2n) is 9.49. The van der Waals surface area contributed by atoms with Crippen LogP contribution in [-0.4, -0.2) is 19.7 Å². The van der Waals surface area contributed by atoms with Crippen LogP contribution in [0.15, 0.2) is 72.9 Å². The summed E-state index contributed by atoms with van der Waals surface area (Å²) in [6.45, 7) is 1.89. The average Bonchev–Trinajstić information content (AvgIpc) is 2.83. The molecule has 36 heavy (non-hydrogen) atoms. The Hall–Kier alpha value is -3.00. The van der Waals surface area contributed by atoms with Gasteiger partial charge in [-0.15, -0.1) is 0 Å². The van der Waals surface area contributed by atoms with Gasteiger partial charge in [0.1, 0.15) is 5.82 Å². The maximum atomic E-state index is 14.4. The molecular weight excluding hydrogens is 497 g/mol. The standard InChI is InChI=1S/C28H27ClFN3O2S/c1-18(22-6-3-4-7-25(22)30)32-27-23-16-20(10-13-26(23)31-17-24(27)29)19-8-11-21(12-9-19)28(14-5-15-28)33-36(2,34)35/h3-4,6-13,16-18,33H,5,14-15H2,1-2H3,(H,31,32)/t18-/m1/s1. The highest BCUT2D eigenvalue weighted by molar-refractivity contribution is 7.88. The molecule has 1 aromatic heterocycles. The number of nitrogens with zero attached hydrogens (tertiary/aromatic N) is 1. The molecule has 0 amide bonds. The van der Waals surface area contributed by atoms with Crippen molar-refractivity contribution in [3.63, 3.8) is 0 Å². The Bertz CT molecular complexity index is 1540. The maximum absolute atomic E-state index is 14.4. The lowest BCUT2D eigenvalue weighted by atomic mass is 9.72. The molecule has 1 aliphatic rings. The Morgan fingerprint density at radius 3 is 2.36 bits per heavy atom. The summed E-state index contributed by atoms with van der Waals surface area (Å²) in [6, 6.07) is 20.3. The van der Waals surface area contributed by atoms with Crippen molar-refractivity contribution >= 4 is 38.2 Å². The first-order valence-electron chi connectivity index (χ1n) is 11.8. The van der Waals surface area contributed by atoms with E-state index in [2.05, 4.69) is 15.0 Å². The smallest absolute Gasteiger partial charge is 0.209 e. The molecule has 0 unspecified atom stereocenters. The molecule has 1 fully saturated rings. The van der Waals surface area contributed by atoms with Gasteiger partial charge in [-0.1, -0.05) is 60.1 Å². The van der Waals surface area contributed by atoms with Crippen LogP contribution in [0.5, 0.6) is 0 Å². The zero-order valence-electron chi connectivity index (χ0n) is 20.1. The van der Waals surface area contributed by atoms with Crippen molar-refractivity contribution in [1.82, 2.24) is 9.71 Å². The number of aromatic nitrogens is 1. The number of sulfonamides is 1. The van der Waals surface area contributed by atoms with Crippen molar-refractivity contribution in [2.24, 2.45) is 0 Å². The second-order valence-corrected chi connectivity index (χ2v) is 11.6. The van der Waals surface area contributed by atoms with Gasteiger partial charge in [0.15, 0.2) is 0 Å². The molecule has 1 heterocycles. The van der Waals surface area contributed by atoms with Gasteiger partial charge >= 0.3 is 0 Å². The number of fused-ring (bicyclic) bond motifs is 1. The van der Waals surface area contributed by atoms with E-state index in [1.165, 1.54) is 12.3 Å². The zero-order chi connectivity index (χ0) is 25.5. The third-order valence-electron chi connectivity index (χ3n) is 6.91. The van der Waals surface area contributed by atoms with Crippen molar-refractivity contribution in [1.29, 1.82) is 0 Å². The van der Waals surface area contributed by atoms with Gasteiger partial charge in [0.25, 0.3) is 0 Å². The van der Waals surface area contributed by atoms with E-state index < -0.39 is 15.6 Å². The quantitative estimate of drug-likeness (QED) is 0.279. The van der Waals surface area contributed by atoms with Crippen LogP contribution in [0.25, 0.3) is 22.0 Å². The van der Waals surface area contributed by atoms with Crippen LogP contribution in [0, 0.1) is 5.82 Å². The van der Waals surface area contributed by atoms with Gasteiger partial charge < -0.3 is 5.32 Å². The van der Waals surface area contributed by atoms with E-state index in [4.69, 9.17) is 11.6 Å². The van der Waals surface area contributed by atoms with E-state index in [0.717, 1.165) is 46.9 Å². The van der Waals surface area contributed by atoms with Crippen LogP contribution in [0.4, 0.5) is 10.1 Å². The minimum Gasteiger partial charge on any atom is -0.377 e. The molecule has 0 saturated heterocycles. The summed E-state index contributed by atoms with van der Waals surface area (Å²) in [5, 5.41) is 4.67. The SMILES string of the molecule is C[C@@H](Nc1c(Cl)cnc2ccc(-c3ccc(C4(NS(C)(=O)=O)CCC4)cc3)cc12)c1ccccc1F. The number of hydrogen-bond acceptors (Lipinski definition) is 4. The largest absolute Gasteiger partial charge is 0.377 e. The molecule has 8 heteroatoms. The van der Waals surface area contributed by atoms with Crippen LogP contribution < -0.4 is 10.0 Å². The molecule has 3 aromatic carbocycles. The van der Waals surface area contributed by atoms with Gasteiger partial charge in [0.05, 0.1) is 34.1 Å². The molecule has 186 valence electrons. The summed E-state index contributed by atoms with van der Waals surface area (Å²) in [5.41, 5.74) is 4.43. The number of anilines is 1. The van der Waals surface area contributed by atoms with Gasteiger partial charge in [-0.25, -0.2) is 17.5 Å². The topological polar surface area (TPSA) is 71.1 Å². The molecule has 1 saturated carbocycles. The molecule has 0 radical (unpaired) electrons. The van der Waals surface area contributed by atoms with Gasteiger partial charge in [-0.05, 0) is 61.1 Å². The van der Waals surface area contributed by atoms with E-state index in [-0.39, 0.29) is 11.9 Å². The van der Waals surface area contributed by atoms with Gasteiger partial charge in [0, 0.05) is 17.1 Å². The fraction of sp³-hybridized carbons (Fsp3) is 0.250. The van der Waals surface area contributed by atoms with Crippen LogP contribution in [0.2, 0.25) is 5.02 Å². The predicted octanol–water partition coefficient (Wildman–Crippen LogP) is 6.80. The third-order valence-corrected chi connectivity index (χ3v) is 7.96. The van der Waals surface area contributed by atoms with Crippen molar-refractivity contribution in [2.75, 3.05) is 11.6 Å². The van der Waals surface area contributed by atoms with Crippen molar-refractivity contribution in [3.05, 3.63) is 94.9 Å². The molecule has 1 atom stereocenters. The molecule has 1 aliphatic carbocycles. The minimum atomic E-state index is -3.32. The Morgan fingerprint density at radius 1 is 1.03 bits per heavy atom. The highest BCUT2D eigenvalue weighted by atomic mass is 35.5. The van der Waals surface area contributed by atoms with Crippen molar-refractivity contribution in [3.8, 4) is 11.1 Å². The minimum absolute atomic E-state index is 0.276. The fourth-order valence-electron chi connectivity index (χ4n) is 4.93. The number of pyridine rings is 1. The lowest BCUT2D eigenvalue weighted by molar-refractivity contribution is 0.225. The Balaban J connectivity index is 1.49. The average molecular weight is 524 g/mol. The maximum Gasteiger partial charge on any atom is 0.209 e. The first-order valence-corrected chi connectivity index (χ1v) is 14.1. The highest BCUT2D eigenvalue weighted by Gasteiger charge is 2.40. The Kier molecular flexibility index (Phi) is 6.49. The lowest BCUT2D eigenvalue weighted by Crippen LogP contribution is -2.50. The summed E-state index contributed by atoms with van der Waals surface area (Å²) >= 11 is 6.54. The van der Waals surface area contributed by atoms with Gasteiger partial charge in [0.2, 0.25) is 10.0 Å². The molecule has 0 bridgehead atoms. The van der Waals surface area contributed by atoms with Crippen LogP contribution in [0.1, 0.15) is 43.4 Å². The third kappa shape index (κ3) is 4.83. The van der Waals surface area contributed by atoms with E-state index in [9.17, 15) is 12.8 Å². The summed E-state index contributed by atoms with van der Waals surface area (Å²) in [6.07, 6.45) is 5.36. The monoisotopic (exact) mass is 523 g/mol. The predicted molar refractivity (Wildman–Crippen MR) is 144 cm³/mol. The van der Waals surface area contributed by atoms with E-state index in [0.29, 0.717) is 16.3 Å². The number of nitrogens with one attached hydrogen (secondary N) is 2. The molecule has 5 nitrogen and oxygen atoms in total. The van der Waals surface area contributed by atoms with Crippen LogP contribution in [0.3, 0.4) is 0 Å². The molecule has 4 aromatic rings. The molecule has 2 N–H and O–H groups in total. The summed E-state index contributed by atoms with van der Waals surface area (Å²) < 4.78 is 41.0. The summed E-state index contributed by atoms with van der Waals surface area (Å²) in [4.78, 5) is 4.46. The van der Waals surface area contributed by atoms with Crippen molar-refractivity contribution < 1.29 is 12.8 Å². The molecule has 0 aliphatic heterocycles. The van der Waals surface area contributed by atoms with Gasteiger partial charge in [-0.2, -0.15) is 0 Å². The second kappa shape index (κ2) is 9.47. The number of rotatable bonds is 7. The lowest BCUT2D eigenvalue weighted by Gasteiger charge is -2.42. The zero-order valence-corrected chi connectivity index (χ0v) is 21.6. The summed E-state index contributed by atoms with van der Waals surface area (Å²) in [7, 11) is -3.32. The Labute approximate surface area is 215 Å². The number of halogens is 2. The molecule has 0 spiro atoms. The molecular formula is C28H27ClFN3O2S. The van der Waals surface area contributed by atoms with Gasteiger partial charge in [-0.3, -0.25) is 4.98 Å². The van der Waals surface area contributed by atoms with Crippen molar-refractivity contribution in [2.45, 2.75) is 37.8 Å². The number of benzene rings is 3. The first kappa shape index (κ1) is 24.7. The van der Waals surface area contributed by atoms with E-state index in [1.54, 1.807) is 18.3 Å².